The van der Waals surface area contributed by atoms with Gasteiger partial charge < -0.3 is 19.9 Å². The number of halogens is 2. The molecule has 4 rings (SSSR count). The third-order valence-corrected chi connectivity index (χ3v) is 8.50. The van der Waals surface area contributed by atoms with Crippen molar-refractivity contribution in [2.24, 2.45) is 0 Å². The van der Waals surface area contributed by atoms with Gasteiger partial charge >= 0.3 is 6.09 Å². The third-order valence-electron chi connectivity index (χ3n) is 7.32. The van der Waals surface area contributed by atoms with Crippen molar-refractivity contribution < 1.29 is 24.2 Å². The molecule has 2 aromatic carbocycles. The smallest absolute Gasteiger partial charge is 0.410 e. The van der Waals surface area contributed by atoms with Crippen molar-refractivity contribution in [2.45, 2.75) is 82.6 Å². The molecule has 1 saturated heterocycles. The number of amides is 1. The van der Waals surface area contributed by atoms with Crippen LogP contribution in [0.4, 0.5) is 4.79 Å². The lowest BCUT2D eigenvalue weighted by Crippen LogP contribution is -2.60. The Morgan fingerprint density at radius 2 is 1.74 bits per heavy atom. The number of carbonyl (C=O) groups is 2. The van der Waals surface area contributed by atoms with Gasteiger partial charge in [-0.15, -0.1) is 0 Å². The van der Waals surface area contributed by atoms with Crippen LogP contribution in [-0.4, -0.2) is 58.8 Å². The summed E-state index contributed by atoms with van der Waals surface area (Å²) in [6, 6.07) is 12.9. The Bertz CT molecular complexity index is 1140. The summed E-state index contributed by atoms with van der Waals surface area (Å²) in [4.78, 5) is 29.0. The highest BCUT2D eigenvalue weighted by Crippen LogP contribution is 2.45. The van der Waals surface area contributed by atoms with E-state index in [-0.39, 0.29) is 5.78 Å². The topological polar surface area (TPSA) is 88.1 Å². The number of Topliss-reactive ketones (excluding diaryl/α,β-unsaturated/α-hetero) is 1. The molecule has 0 radical (unpaired) electrons. The molecule has 1 aliphatic carbocycles. The molecular formula is C30H38Br2N2O5. The van der Waals surface area contributed by atoms with Crippen LogP contribution in [0.5, 0.6) is 5.75 Å². The average Bonchev–Trinajstić information content (AvgIpc) is 2.88. The number of hydrogen-bond donors (Lipinski definition) is 2. The van der Waals surface area contributed by atoms with Crippen LogP contribution in [0.1, 0.15) is 69.9 Å². The van der Waals surface area contributed by atoms with Gasteiger partial charge in [0.15, 0.2) is 5.78 Å². The molecule has 7 nitrogen and oxygen atoms in total. The maximum Gasteiger partial charge on any atom is 0.410 e. The van der Waals surface area contributed by atoms with Crippen molar-refractivity contribution in [3.05, 3.63) is 62.5 Å². The first-order valence-electron chi connectivity index (χ1n) is 13.6. The molecule has 0 bridgehead atoms. The summed E-state index contributed by atoms with van der Waals surface area (Å²) in [7, 11) is 0. The van der Waals surface area contributed by atoms with Gasteiger partial charge in [0.25, 0.3) is 0 Å². The Labute approximate surface area is 247 Å². The Morgan fingerprint density at radius 3 is 2.36 bits per heavy atom. The van der Waals surface area contributed by atoms with Crippen LogP contribution in [0.2, 0.25) is 0 Å². The Balaban J connectivity index is 1.67. The van der Waals surface area contributed by atoms with Crippen molar-refractivity contribution in [2.75, 3.05) is 19.6 Å². The summed E-state index contributed by atoms with van der Waals surface area (Å²) in [6.45, 7) is 7.07. The van der Waals surface area contributed by atoms with E-state index in [1.54, 1.807) is 0 Å². The van der Waals surface area contributed by atoms with Crippen molar-refractivity contribution in [3.63, 3.8) is 0 Å². The molecule has 1 heterocycles. The van der Waals surface area contributed by atoms with Crippen LogP contribution < -0.4 is 10.1 Å². The number of nitrogens with zero attached hydrogens (tertiary/aromatic N) is 1. The highest BCUT2D eigenvalue weighted by molar-refractivity contribution is 9.11. The van der Waals surface area contributed by atoms with E-state index in [9.17, 15) is 14.7 Å². The summed E-state index contributed by atoms with van der Waals surface area (Å²) in [5.41, 5.74) is -0.165. The predicted molar refractivity (Wildman–Crippen MR) is 158 cm³/mol. The van der Waals surface area contributed by atoms with Crippen LogP contribution in [0, 0.1) is 0 Å². The van der Waals surface area contributed by atoms with E-state index in [0.717, 1.165) is 24.8 Å². The quantitative estimate of drug-likeness (QED) is 0.359. The largest absolute Gasteiger partial charge is 0.487 e. The fourth-order valence-corrected chi connectivity index (χ4v) is 6.95. The maximum atomic E-state index is 14.4. The molecule has 0 aromatic heterocycles. The number of benzene rings is 2. The van der Waals surface area contributed by atoms with Gasteiger partial charge in [-0.25, -0.2) is 4.79 Å². The lowest BCUT2D eigenvalue weighted by atomic mass is 9.69. The zero-order valence-corrected chi connectivity index (χ0v) is 26.0. The Hall–Kier alpha value is -1.94. The molecular weight excluding hydrogens is 628 g/mol. The van der Waals surface area contributed by atoms with Gasteiger partial charge in [-0.2, -0.15) is 0 Å². The summed E-state index contributed by atoms with van der Waals surface area (Å²) < 4.78 is 13.1. The first-order valence-corrected chi connectivity index (χ1v) is 15.2. The molecule has 39 heavy (non-hydrogen) atoms. The number of nitrogens with one attached hydrogen (secondary N) is 1. The van der Waals surface area contributed by atoms with Crippen LogP contribution in [0.15, 0.2) is 51.4 Å². The van der Waals surface area contributed by atoms with Gasteiger partial charge in [0.2, 0.25) is 0 Å². The van der Waals surface area contributed by atoms with Crippen LogP contribution >= 0.6 is 31.9 Å². The van der Waals surface area contributed by atoms with E-state index in [4.69, 9.17) is 9.47 Å². The molecule has 1 saturated carbocycles. The van der Waals surface area contributed by atoms with E-state index in [0.29, 0.717) is 59.3 Å². The van der Waals surface area contributed by atoms with Crippen molar-refractivity contribution in [3.8, 4) is 5.75 Å². The summed E-state index contributed by atoms with van der Waals surface area (Å²) >= 11 is 7.30. The van der Waals surface area contributed by atoms with Gasteiger partial charge in [-0.3, -0.25) is 9.69 Å². The Morgan fingerprint density at radius 1 is 1.10 bits per heavy atom. The lowest BCUT2D eigenvalue weighted by Gasteiger charge is -2.43. The van der Waals surface area contributed by atoms with Gasteiger partial charge in [0, 0.05) is 19.6 Å². The molecule has 2 atom stereocenters. The average molecular weight is 666 g/mol. The van der Waals surface area contributed by atoms with Crippen LogP contribution in [-0.2, 0) is 16.1 Å². The number of rotatable bonds is 7. The zero-order valence-electron chi connectivity index (χ0n) is 22.8. The number of hydrogen-bond acceptors (Lipinski definition) is 6. The highest BCUT2D eigenvalue weighted by atomic mass is 79.9. The molecule has 1 aliphatic heterocycles. The standard InChI is InChI=1S/C30H38Br2N2O5/c1-29(2,3)39-28(36)34-15-14-33-18-24(34)26(35)25(30(37)12-8-5-9-13-30)21-16-22(31)27(23(32)17-21)38-19-20-10-6-4-7-11-20/h4,6-7,10-11,16-17,24-25,33,37H,5,8-9,12-15,18-19H2,1-3H3. The van der Waals surface area contributed by atoms with Gasteiger partial charge in [0.1, 0.15) is 24.0 Å². The zero-order chi connectivity index (χ0) is 28.2. The third kappa shape index (κ3) is 7.43. The SMILES string of the molecule is CC(C)(C)OC(=O)N1CCNCC1C(=O)C(c1cc(Br)c(OCc2ccccc2)c(Br)c1)C1(O)CCCCC1. The van der Waals surface area contributed by atoms with E-state index < -0.39 is 29.3 Å². The molecule has 2 fully saturated rings. The van der Waals surface area contributed by atoms with E-state index >= 15 is 0 Å². The minimum atomic E-state index is -1.21. The highest BCUT2D eigenvalue weighted by Gasteiger charge is 2.48. The van der Waals surface area contributed by atoms with Gasteiger partial charge in [-0.05, 0) is 88.7 Å². The van der Waals surface area contributed by atoms with Crippen LogP contribution in [0.3, 0.4) is 0 Å². The minimum absolute atomic E-state index is 0.186. The number of ether oxygens (including phenoxy) is 2. The van der Waals surface area contributed by atoms with E-state index in [1.165, 1.54) is 4.90 Å². The molecule has 9 heteroatoms. The van der Waals surface area contributed by atoms with Crippen molar-refractivity contribution in [1.29, 1.82) is 0 Å². The number of ketones is 1. The maximum absolute atomic E-state index is 14.4. The van der Waals surface area contributed by atoms with Crippen molar-refractivity contribution in [1.82, 2.24) is 10.2 Å². The van der Waals surface area contributed by atoms with E-state index in [2.05, 4.69) is 37.2 Å². The lowest BCUT2D eigenvalue weighted by molar-refractivity contribution is -0.135. The molecule has 2 aliphatic rings. The summed E-state index contributed by atoms with van der Waals surface area (Å²) in [5, 5.41) is 15.2. The second kappa shape index (κ2) is 12.7. The van der Waals surface area contributed by atoms with Gasteiger partial charge in [-0.1, -0.05) is 49.6 Å². The second-order valence-electron chi connectivity index (χ2n) is 11.5. The number of piperazine rings is 1. The van der Waals surface area contributed by atoms with Crippen LogP contribution in [0.25, 0.3) is 0 Å². The number of carbonyl (C=O) groups excluding carboxylic acids is 2. The first-order chi connectivity index (χ1) is 18.5. The second-order valence-corrected chi connectivity index (χ2v) is 13.2. The monoisotopic (exact) mass is 664 g/mol. The van der Waals surface area contributed by atoms with Crippen molar-refractivity contribution >= 4 is 43.7 Å². The fourth-order valence-electron chi connectivity index (χ4n) is 5.50. The fraction of sp³-hybridized carbons (Fsp3) is 0.533. The van der Waals surface area contributed by atoms with E-state index in [1.807, 2.05) is 63.2 Å². The normalized spacial score (nSPS) is 20.3. The molecule has 212 valence electrons. The summed E-state index contributed by atoms with van der Waals surface area (Å²) in [6.07, 6.45) is 3.26. The molecule has 2 aromatic rings. The molecule has 2 N–H and O–H groups in total. The minimum Gasteiger partial charge on any atom is -0.487 e. The number of aliphatic hydroxyl groups is 1. The Kier molecular flexibility index (Phi) is 9.78. The summed E-state index contributed by atoms with van der Waals surface area (Å²) in [5.74, 6) is -0.378. The molecule has 1 amide bonds. The predicted octanol–water partition coefficient (Wildman–Crippen LogP) is 6.35. The first kappa shape index (κ1) is 30.0. The molecule has 2 unspecified atom stereocenters. The van der Waals surface area contributed by atoms with Gasteiger partial charge in [0.05, 0.1) is 20.5 Å². The molecule has 0 spiro atoms.